The molecule has 4 nitrogen and oxygen atoms in total. The Bertz CT molecular complexity index is 602. The van der Waals surface area contributed by atoms with Crippen molar-refractivity contribution < 1.29 is 69.7 Å². The molecule has 0 bridgehead atoms. The Balaban J connectivity index is 3.79. The number of alkyl halides is 12. The van der Waals surface area contributed by atoms with E-state index < -0.39 is 50.7 Å². The summed E-state index contributed by atoms with van der Waals surface area (Å²) in [6, 6.07) is -22.4. The molecule has 24 heavy (non-hydrogen) atoms. The van der Waals surface area contributed by atoms with Gasteiger partial charge in [-0.1, -0.05) is 8.79 Å². The summed E-state index contributed by atoms with van der Waals surface area (Å²) in [6.07, 6.45) is -13.9. The Hall–Kier alpha value is -1.04. The average Bonchev–Trinajstić information content (AvgIpc) is 2.21. The summed E-state index contributed by atoms with van der Waals surface area (Å²) in [6.45, 7) is 0. The zero-order valence-electron chi connectivity index (χ0n) is 9.99. The van der Waals surface area contributed by atoms with Crippen molar-refractivity contribution >= 4 is 10.2 Å². The number of ether oxygens (including phenoxy) is 1. The summed E-state index contributed by atoms with van der Waals surface area (Å²) in [5, 5.41) is -7.55. The van der Waals surface area contributed by atoms with Crippen molar-refractivity contribution in [3.05, 3.63) is 0 Å². The number of hydrogen-bond acceptors (Lipinski definition) is 4. The molecule has 1 rings (SSSR count). The quantitative estimate of drug-likeness (QED) is 0.405. The van der Waals surface area contributed by atoms with Gasteiger partial charge in [-0.25, -0.2) is 4.74 Å². The van der Waals surface area contributed by atoms with E-state index in [0.29, 0.717) is 0 Å². The first-order valence-corrected chi connectivity index (χ1v) is 6.17. The van der Waals surface area contributed by atoms with Crippen molar-refractivity contribution in [1.29, 1.82) is 0 Å². The number of halogens is 13. The normalized spacial score (nSPS) is 27.0. The fourth-order valence-corrected chi connectivity index (χ4v) is 1.73. The van der Waals surface area contributed by atoms with Gasteiger partial charge in [0.25, 0.3) is 0 Å². The maximum atomic E-state index is 13.1. The van der Waals surface area contributed by atoms with Gasteiger partial charge in [-0.05, 0) is 0 Å². The van der Waals surface area contributed by atoms with Crippen molar-refractivity contribution in [1.82, 2.24) is 4.90 Å². The molecule has 1 aliphatic heterocycles. The van der Waals surface area contributed by atoms with Crippen LogP contribution in [-0.2, 0) is 15.0 Å². The van der Waals surface area contributed by atoms with E-state index in [4.69, 9.17) is 0 Å². The zero-order valence-corrected chi connectivity index (χ0v) is 10.8. The Labute approximate surface area is 122 Å². The van der Waals surface area contributed by atoms with Gasteiger partial charge in [0, 0.05) is 0 Å². The summed E-state index contributed by atoms with van der Waals surface area (Å²) in [7, 11) is -8.01. The first kappa shape index (κ1) is 21.0. The zero-order chi connectivity index (χ0) is 19.8. The van der Waals surface area contributed by atoms with Gasteiger partial charge in [0.15, 0.2) is 0 Å². The molecule has 0 aromatic rings. The second-order valence-corrected chi connectivity index (χ2v) is 5.44. The minimum Gasteiger partial charge on any atom is -0.243 e. The third-order valence-electron chi connectivity index (χ3n) is 2.46. The average molecular weight is 413 g/mol. The van der Waals surface area contributed by atoms with E-state index in [1.165, 1.54) is 0 Å². The highest BCUT2D eigenvalue weighted by Gasteiger charge is 2.91. The molecule has 0 spiro atoms. The highest BCUT2D eigenvalue weighted by molar-refractivity contribution is 7.87. The van der Waals surface area contributed by atoms with Crippen LogP contribution in [0.5, 0.6) is 0 Å². The molecule has 0 atom stereocenters. The van der Waals surface area contributed by atoms with E-state index in [2.05, 4.69) is 0 Å². The fraction of sp³-hybridized carbons (Fsp3) is 1.00. The third kappa shape index (κ3) is 2.40. The van der Waals surface area contributed by atoms with Crippen LogP contribution in [0.4, 0.5) is 56.6 Å². The van der Waals surface area contributed by atoms with Crippen LogP contribution < -0.4 is 0 Å². The lowest BCUT2D eigenvalue weighted by molar-refractivity contribution is -0.590. The maximum Gasteiger partial charge on any atom is 0.451 e. The van der Waals surface area contributed by atoms with Gasteiger partial charge >= 0.3 is 45.8 Å². The van der Waals surface area contributed by atoms with Crippen LogP contribution >= 0.6 is 0 Å². The first-order valence-electron chi connectivity index (χ1n) is 4.79. The number of morpholine rings is 1. The third-order valence-corrected chi connectivity index (χ3v) is 3.31. The molecule has 0 aromatic carbocycles. The molecule has 0 unspecified atom stereocenters. The van der Waals surface area contributed by atoms with Gasteiger partial charge in [-0.2, -0.15) is 61.1 Å². The van der Waals surface area contributed by atoms with Gasteiger partial charge in [0.1, 0.15) is 0 Å². The molecule has 1 aliphatic rings. The summed E-state index contributed by atoms with van der Waals surface area (Å²) in [5.74, 6) is 0. The fourth-order valence-electron chi connectivity index (χ4n) is 1.35. The molecule has 0 amide bonds. The van der Waals surface area contributed by atoms with Crippen molar-refractivity contribution in [3.8, 4) is 0 Å². The number of hydrogen-bond donors (Lipinski definition) is 0. The lowest BCUT2D eigenvalue weighted by Crippen LogP contribution is -2.80. The summed E-state index contributed by atoms with van der Waals surface area (Å²) in [5.41, 5.74) is 0. The summed E-state index contributed by atoms with van der Waals surface area (Å²) < 4.78 is 188. The van der Waals surface area contributed by atoms with Crippen LogP contribution in [0.1, 0.15) is 0 Å². The monoisotopic (exact) mass is 413 g/mol. The van der Waals surface area contributed by atoms with Crippen LogP contribution in [-0.4, -0.2) is 48.9 Å². The van der Waals surface area contributed by atoms with Gasteiger partial charge in [0.05, 0.1) is 0 Å². The Morgan fingerprint density at radius 2 is 1.04 bits per heavy atom. The first-order chi connectivity index (χ1) is 10.1. The number of nitrogens with zero attached hydrogens (tertiary/aromatic N) is 1. The van der Waals surface area contributed by atoms with Crippen molar-refractivity contribution in [2.75, 3.05) is 0 Å². The van der Waals surface area contributed by atoms with Crippen LogP contribution in [0.3, 0.4) is 0 Å². The van der Waals surface area contributed by atoms with Crippen molar-refractivity contribution in [3.63, 3.8) is 0 Å². The molecular weight excluding hydrogens is 413 g/mol. The van der Waals surface area contributed by atoms with E-state index in [9.17, 15) is 65.0 Å². The smallest absolute Gasteiger partial charge is 0.243 e. The molecule has 0 aromatic heterocycles. The molecule has 1 fully saturated rings. The molecule has 0 aliphatic carbocycles. The minimum atomic E-state index is -8.01. The summed E-state index contributed by atoms with van der Waals surface area (Å²) >= 11 is 0. The van der Waals surface area contributed by atoms with E-state index in [-0.39, 0.29) is 0 Å². The highest BCUT2D eigenvalue weighted by Crippen LogP contribution is 2.61. The molecule has 1 saturated heterocycles. The topological polar surface area (TPSA) is 46.6 Å². The minimum absolute atomic E-state index is 1.69. The van der Waals surface area contributed by atoms with Gasteiger partial charge in [0.2, 0.25) is 0 Å². The van der Waals surface area contributed by atoms with Gasteiger partial charge in [-0.3, -0.25) is 0 Å². The second kappa shape index (κ2) is 4.77. The molecule has 18 heteroatoms. The summed E-state index contributed by atoms with van der Waals surface area (Å²) in [4.78, 5) is -4.10. The molecule has 1 heterocycles. The van der Waals surface area contributed by atoms with E-state index in [0.717, 1.165) is 0 Å². The predicted molar refractivity (Wildman–Crippen MR) is 42.6 cm³/mol. The second-order valence-electron chi connectivity index (χ2n) is 4.05. The standard InChI is InChI=1S/C6F13NO3S/c7-1(8)4(13,14)23-5(15,16)2(9,10)20(1)3(11,12)6(17,18)24(19,21)22. The Morgan fingerprint density at radius 1 is 0.750 bits per heavy atom. The maximum absolute atomic E-state index is 13.1. The van der Waals surface area contributed by atoms with E-state index in [1.807, 2.05) is 0 Å². The van der Waals surface area contributed by atoms with E-state index in [1.54, 1.807) is 4.74 Å². The number of rotatable bonds is 3. The Morgan fingerprint density at radius 3 is 1.29 bits per heavy atom. The lowest BCUT2D eigenvalue weighted by Gasteiger charge is -2.49. The molecular formula is C6F13NO3S. The van der Waals surface area contributed by atoms with E-state index >= 15 is 0 Å². The Kier molecular flexibility index (Phi) is 4.18. The SMILES string of the molecule is O=S(=O)(F)C(F)(F)C(F)(F)N1C(F)(F)C(F)(F)OC(F)(F)C1(F)F. The van der Waals surface area contributed by atoms with Gasteiger partial charge in [-0.15, -0.1) is 0 Å². The van der Waals surface area contributed by atoms with Gasteiger partial charge < -0.3 is 0 Å². The van der Waals surface area contributed by atoms with Crippen LogP contribution in [0, 0.1) is 0 Å². The van der Waals surface area contributed by atoms with Crippen LogP contribution in [0.25, 0.3) is 0 Å². The van der Waals surface area contributed by atoms with Crippen molar-refractivity contribution in [2.45, 2.75) is 35.6 Å². The highest BCUT2D eigenvalue weighted by atomic mass is 32.3. The molecule has 144 valence electrons. The van der Waals surface area contributed by atoms with Crippen LogP contribution in [0.15, 0.2) is 0 Å². The molecule has 0 radical (unpaired) electrons. The molecule has 0 saturated carbocycles. The molecule has 0 N–H and O–H groups in total. The van der Waals surface area contributed by atoms with Crippen molar-refractivity contribution in [2.24, 2.45) is 0 Å². The largest absolute Gasteiger partial charge is 0.451 e. The lowest BCUT2D eigenvalue weighted by atomic mass is 10.2. The van der Waals surface area contributed by atoms with Crippen LogP contribution in [0.2, 0.25) is 0 Å². The predicted octanol–water partition coefficient (Wildman–Crippen LogP) is 3.17.